The highest BCUT2D eigenvalue weighted by Gasteiger charge is 2.28. The third kappa shape index (κ3) is 4.72. The van der Waals surface area contributed by atoms with Gasteiger partial charge in [0.25, 0.3) is 0 Å². The summed E-state index contributed by atoms with van der Waals surface area (Å²) in [5.41, 5.74) is 10.7. The molecule has 3 rings (SSSR count). The molecule has 0 bridgehead atoms. The molecule has 0 unspecified atom stereocenters. The van der Waals surface area contributed by atoms with Crippen LogP contribution in [0.25, 0.3) is 0 Å². The minimum absolute atomic E-state index is 0.172. The minimum atomic E-state index is -0.189. The number of nitrogens with one attached hydrogen (secondary N) is 2. The van der Waals surface area contributed by atoms with Crippen molar-refractivity contribution in [1.29, 1.82) is 5.41 Å². The molecule has 0 spiro atoms. The summed E-state index contributed by atoms with van der Waals surface area (Å²) >= 11 is 0. The van der Waals surface area contributed by atoms with Crippen LogP contribution in [0.4, 0.5) is 5.82 Å². The minimum Gasteiger partial charge on any atom is -0.402 e. The molecule has 28 heavy (non-hydrogen) atoms. The molecule has 1 aliphatic carbocycles. The number of aromatic nitrogens is 3. The van der Waals surface area contributed by atoms with Gasteiger partial charge in [-0.2, -0.15) is 0 Å². The van der Waals surface area contributed by atoms with Gasteiger partial charge >= 0.3 is 0 Å². The molecule has 7 nitrogen and oxygen atoms in total. The number of hydrogen-bond donors (Lipinski definition) is 4. The number of nitrogens with zero attached hydrogens (tertiary/aromatic N) is 3. The summed E-state index contributed by atoms with van der Waals surface area (Å²) in [5, 5.41) is 21.5. The number of aliphatic hydroxyl groups excluding tert-OH is 1. The molecule has 2 aromatic heterocycles. The van der Waals surface area contributed by atoms with Crippen LogP contribution < -0.4 is 11.1 Å². The molecule has 0 fully saturated rings. The predicted octanol–water partition coefficient (Wildman–Crippen LogP) is 3.08. The van der Waals surface area contributed by atoms with Crippen LogP contribution >= 0.6 is 0 Å². The van der Waals surface area contributed by atoms with Gasteiger partial charge in [-0.3, -0.25) is 5.41 Å². The standard InChI is InChI=1S/C21H28N6O/c1-13-24-9-14(10-25-13)11-26-19-7-15(6-16(12-28)27-19)20(23)17-4-5-21(2,3)8-18(17)22/h6-7,9-10,23,28H,4-5,8,11-12,22H2,1-3H3,(H,26,27). The fourth-order valence-electron chi connectivity index (χ4n) is 3.40. The van der Waals surface area contributed by atoms with Crippen molar-refractivity contribution in [3.63, 3.8) is 0 Å². The van der Waals surface area contributed by atoms with E-state index in [1.54, 1.807) is 18.5 Å². The average Bonchev–Trinajstić information content (AvgIpc) is 2.66. The van der Waals surface area contributed by atoms with Crippen LogP contribution in [0.1, 0.15) is 55.8 Å². The van der Waals surface area contributed by atoms with Crippen molar-refractivity contribution in [2.24, 2.45) is 11.1 Å². The number of allylic oxidation sites excluding steroid dienone is 2. The van der Waals surface area contributed by atoms with Crippen LogP contribution in [0, 0.1) is 17.7 Å². The van der Waals surface area contributed by atoms with Crippen molar-refractivity contribution in [3.05, 3.63) is 58.4 Å². The van der Waals surface area contributed by atoms with Gasteiger partial charge in [-0.05, 0) is 49.3 Å². The Morgan fingerprint density at radius 3 is 2.64 bits per heavy atom. The molecule has 7 heteroatoms. The molecule has 0 amide bonds. The molecular weight excluding hydrogens is 352 g/mol. The lowest BCUT2D eigenvalue weighted by molar-refractivity contribution is 0.277. The van der Waals surface area contributed by atoms with E-state index in [0.29, 0.717) is 29.3 Å². The molecule has 0 aromatic carbocycles. The molecule has 0 saturated carbocycles. The van der Waals surface area contributed by atoms with E-state index in [1.807, 2.05) is 13.0 Å². The van der Waals surface area contributed by atoms with E-state index in [-0.39, 0.29) is 12.0 Å². The average molecular weight is 380 g/mol. The van der Waals surface area contributed by atoms with Crippen LogP contribution in [0.3, 0.4) is 0 Å². The van der Waals surface area contributed by atoms with Gasteiger partial charge in [0.1, 0.15) is 11.6 Å². The van der Waals surface area contributed by atoms with Crippen LogP contribution in [-0.2, 0) is 13.2 Å². The third-order valence-electron chi connectivity index (χ3n) is 5.05. The first kappa shape index (κ1) is 19.9. The first-order valence-corrected chi connectivity index (χ1v) is 9.47. The normalized spacial score (nSPS) is 16.1. The summed E-state index contributed by atoms with van der Waals surface area (Å²) in [7, 11) is 0. The molecule has 1 aliphatic rings. The Hall–Kier alpha value is -2.80. The van der Waals surface area contributed by atoms with Gasteiger partial charge in [-0.15, -0.1) is 0 Å². The van der Waals surface area contributed by atoms with Gasteiger partial charge in [0.05, 0.1) is 18.0 Å². The molecule has 2 aromatic rings. The van der Waals surface area contributed by atoms with E-state index < -0.39 is 0 Å². The van der Waals surface area contributed by atoms with Crippen LogP contribution in [0.15, 0.2) is 35.8 Å². The van der Waals surface area contributed by atoms with E-state index in [4.69, 9.17) is 11.1 Å². The second kappa shape index (κ2) is 8.06. The summed E-state index contributed by atoms with van der Waals surface area (Å²) in [6, 6.07) is 3.58. The largest absolute Gasteiger partial charge is 0.402 e. The molecular formula is C21H28N6O. The monoisotopic (exact) mass is 380 g/mol. The fraction of sp³-hybridized carbons (Fsp3) is 0.429. The lowest BCUT2D eigenvalue weighted by Crippen LogP contribution is -2.25. The summed E-state index contributed by atoms with van der Waals surface area (Å²) in [6.07, 6.45) is 6.12. The predicted molar refractivity (Wildman–Crippen MR) is 110 cm³/mol. The maximum Gasteiger partial charge on any atom is 0.127 e. The van der Waals surface area contributed by atoms with Gasteiger partial charge in [0, 0.05) is 35.8 Å². The topological polar surface area (TPSA) is 121 Å². The third-order valence-corrected chi connectivity index (χ3v) is 5.05. The maximum absolute atomic E-state index is 9.60. The first-order chi connectivity index (χ1) is 13.3. The Morgan fingerprint density at radius 2 is 2.00 bits per heavy atom. The van der Waals surface area contributed by atoms with Crippen molar-refractivity contribution in [2.75, 3.05) is 5.32 Å². The fourth-order valence-corrected chi connectivity index (χ4v) is 3.40. The maximum atomic E-state index is 9.60. The van der Waals surface area contributed by atoms with E-state index in [1.165, 1.54) is 0 Å². The van der Waals surface area contributed by atoms with E-state index in [9.17, 15) is 5.11 Å². The lowest BCUT2D eigenvalue weighted by atomic mass is 9.75. The second-order valence-electron chi connectivity index (χ2n) is 8.10. The van der Waals surface area contributed by atoms with Gasteiger partial charge in [0.15, 0.2) is 0 Å². The van der Waals surface area contributed by atoms with Gasteiger partial charge in [-0.1, -0.05) is 13.8 Å². The number of rotatable bonds is 6. The van der Waals surface area contributed by atoms with Crippen molar-refractivity contribution in [1.82, 2.24) is 15.0 Å². The number of aliphatic hydroxyl groups is 1. The van der Waals surface area contributed by atoms with Crippen molar-refractivity contribution in [2.45, 2.75) is 53.2 Å². The Kier molecular flexibility index (Phi) is 5.74. The number of aryl methyl sites for hydroxylation is 1. The summed E-state index contributed by atoms with van der Waals surface area (Å²) in [4.78, 5) is 12.8. The van der Waals surface area contributed by atoms with Crippen molar-refractivity contribution < 1.29 is 5.11 Å². The smallest absolute Gasteiger partial charge is 0.127 e. The SMILES string of the molecule is Cc1ncc(CNc2cc(C(=N)C3=C(N)CC(C)(C)CC3)cc(CO)n2)cn1. The molecule has 0 aliphatic heterocycles. The zero-order chi connectivity index (χ0) is 20.3. The van der Waals surface area contributed by atoms with Gasteiger partial charge < -0.3 is 16.2 Å². The molecule has 0 radical (unpaired) electrons. The summed E-state index contributed by atoms with van der Waals surface area (Å²) < 4.78 is 0. The first-order valence-electron chi connectivity index (χ1n) is 9.47. The Morgan fingerprint density at radius 1 is 1.29 bits per heavy atom. The van der Waals surface area contributed by atoms with Crippen LogP contribution in [0.5, 0.6) is 0 Å². The van der Waals surface area contributed by atoms with Gasteiger partial charge in [-0.25, -0.2) is 15.0 Å². The number of nitrogens with two attached hydrogens (primary N) is 1. The lowest BCUT2D eigenvalue weighted by Gasteiger charge is -2.32. The molecule has 5 N–H and O–H groups in total. The Balaban J connectivity index is 1.82. The number of hydrogen-bond acceptors (Lipinski definition) is 7. The second-order valence-corrected chi connectivity index (χ2v) is 8.10. The zero-order valence-corrected chi connectivity index (χ0v) is 16.7. The van der Waals surface area contributed by atoms with E-state index >= 15 is 0 Å². The highest BCUT2D eigenvalue weighted by atomic mass is 16.3. The van der Waals surface area contributed by atoms with Crippen molar-refractivity contribution >= 4 is 11.5 Å². The van der Waals surface area contributed by atoms with Gasteiger partial charge in [0.2, 0.25) is 0 Å². The Labute approximate surface area is 165 Å². The summed E-state index contributed by atoms with van der Waals surface area (Å²) in [5.74, 6) is 1.32. The zero-order valence-electron chi connectivity index (χ0n) is 16.7. The number of pyridine rings is 1. The quantitative estimate of drug-likeness (QED) is 0.572. The van der Waals surface area contributed by atoms with E-state index in [0.717, 1.165) is 41.9 Å². The van der Waals surface area contributed by atoms with Crippen molar-refractivity contribution in [3.8, 4) is 0 Å². The Bertz CT molecular complexity index is 902. The molecule has 148 valence electrons. The highest BCUT2D eigenvalue weighted by molar-refractivity contribution is 6.11. The van der Waals surface area contributed by atoms with Crippen LogP contribution in [-0.4, -0.2) is 25.8 Å². The van der Waals surface area contributed by atoms with E-state index in [2.05, 4.69) is 34.1 Å². The highest BCUT2D eigenvalue weighted by Crippen LogP contribution is 2.37. The molecule has 0 saturated heterocycles. The number of anilines is 1. The summed E-state index contributed by atoms with van der Waals surface area (Å²) in [6.45, 7) is 6.56. The van der Waals surface area contributed by atoms with Crippen LogP contribution in [0.2, 0.25) is 0 Å². The molecule has 2 heterocycles. The molecule has 0 atom stereocenters.